The molecule has 0 aromatic carbocycles. The standard InChI is InChI=1S/C15H22N4S/c1-19-10-11(9-17-19)7-13(18-16)15-8-12-5-3-2-4-6-14(12)20-15/h8-10,13,18H,2-7,16H2,1H3. The molecule has 1 aliphatic rings. The van der Waals surface area contributed by atoms with E-state index in [1.807, 2.05) is 29.3 Å². The lowest BCUT2D eigenvalue weighted by atomic mass is 10.1. The Bertz CT molecular complexity index is 549. The number of rotatable bonds is 4. The summed E-state index contributed by atoms with van der Waals surface area (Å²) in [4.78, 5) is 2.94. The average Bonchev–Trinajstić information content (AvgIpc) is 2.97. The molecular formula is C15H22N4S. The van der Waals surface area contributed by atoms with Gasteiger partial charge in [-0.1, -0.05) is 6.42 Å². The quantitative estimate of drug-likeness (QED) is 0.517. The molecule has 0 spiro atoms. The summed E-state index contributed by atoms with van der Waals surface area (Å²) < 4.78 is 1.84. The summed E-state index contributed by atoms with van der Waals surface area (Å²) in [5.41, 5.74) is 5.75. The van der Waals surface area contributed by atoms with E-state index >= 15 is 0 Å². The van der Waals surface area contributed by atoms with Crippen LogP contribution in [0, 0.1) is 0 Å². The van der Waals surface area contributed by atoms with E-state index < -0.39 is 0 Å². The molecule has 0 saturated heterocycles. The van der Waals surface area contributed by atoms with Crippen LogP contribution in [0.5, 0.6) is 0 Å². The molecule has 0 bridgehead atoms. The molecule has 0 amide bonds. The van der Waals surface area contributed by atoms with Crippen LogP contribution in [0.25, 0.3) is 0 Å². The molecule has 4 nitrogen and oxygen atoms in total. The minimum atomic E-state index is 0.191. The van der Waals surface area contributed by atoms with Gasteiger partial charge in [-0.2, -0.15) is 5.10 Å². The van der Waals surface area contributed by atoms with Crippen LogP contribution in [0.4, 0.5) is 0 Å². The van der Waals surface area contributed by atoms with Crippen molar-refractivity contribution in [1.29, 1.82) is 0 Å². The Hall–Kier alpha value is -1.17. The van der Waals surface area contributed by atoms with Gasteiger partial charge in [0.15, 0.2) is 0 Å². The van der Waals surface area contributed by atoms with Gasteiger partial charge in [-0.25, -0.2) is 0 Å². The van der Waals surface area contributed by atoms with Gasteiger partial charge in [0.25, 0.3) is 0 Å². The van der Waals surface area contributed by atoms with Crippen LogP contribution in [-0.4, -0.2) is 9.78 Å². The summed E-state index contributed by atoms with van der Waals surface area (Å²) in [5, 5.41) is 4.23. The third-order valence-electron chi connectivity index (χ3n) is 4.01. The Morgan fingerprint density at radius 2 is 2.25 bits per heavy atom. The Balaban J connectivity index is 1.79. The maximum atomic E-state index is 5.78. The molecule has 2 aromatic heterocycles. The van der Waals surface area contributed by atoms with E-state index in [-0.39, 0.29) is 6.04 Å². The number of hydrogen-bond donors (Lipinski definition) is 2. The monoisotopic (exact) mass is 290 g/mol. The maximum Gasteiger partial charge on any atom is 0.0594 e. The number of nitrogens with one attached hydrogen (secondary N) is 1. The molecule has 5 heteroatoms. The third kappa shape index (κ3) is 2.95. The van der Waals surface area contributed by atoms with Crippen LogP contribution in [0.2, 0.25) is 0 Å². The second-order valence-corrected chi connectivity index (χ2v) is 6.77. The van der Waals surface area contributed by atoms with Gasteiger partial charge in [-0.05, 0) is 49.3 Å². The number of thiophene rings is 1. The van der Waals surface area contributed by atoms with Gasteiger partial charge >= 0.3 is 0 Å². The van der Waals surface area contributed by atoms with Crippen molar-refractivity contribution in [2.45, 2.75) is 44.6 Å². The molecular weight excluding hydrogens is 268 g/mol. The molecule has 1 atom stereocenters. The Morgan fingerprint density at radius 3 is 3.00 bits per heavy atom. The van der Waals surface area contributed by atoms with Gasteiger partial charge < -0.3 is 0 Å². The zero-order valence-electron chi connectivity index (χ0n) is 11.9. The summed E-state index contributed by atoms with van der Waals surface area (Å²) in [6.45, 7) is 0. The number of fused-ring (bicyclic) bond motifs is 1. The number of nitrogens with two attached hydrogens (primary N) is 1. The zero-order valence-corrected chi connectivity index (χ0v) is 12.7. The molecule has 2 heterocycles. The summed E-state index contributed by atoms with van der Waals surface area (Å²) in [6.07, 6.45) is 11.4. The highest BCUT2D eigenvalue weighted by atomic mass is 32.1. The number of nitrogens with zero attached hydrogens (tertiary/aromatic N) is 2. The fourth-order valence-corrected chi connectivity index (χ4v) is 4.23. The van der Waals surface area contributed by atoms with Gasteiger partial charge in [-0.3, -0.25) is 16.0 Å². The Morgan fingerprint density at radius 1 is 1.40 bits per heavy atom. The summed E-state index contributed by atoms with van der Waals surface area (Å²) in [7, 11) is 1.95. The van der Waals surface area contributed by atoms with Crippen LogP contribution in [0.1, 0.15) is 46.2 Å². The SMILES string of the molecule is Cn1cc(CC(NN)c2cc3c(s2)CCCCC3)cn1. The summed E-state index contributed by atoms with van der Waals surface area (Å²) in [6, 6.07) is 2.56. The smallest absolute Gasteiger partial charge is 0.0594 e. The van der Waals surface area contributed by atoms with Crippen molar-refractivity contribution in [3.63, 3.8) is 0 Å². The van der Waals surface area contributed by atoms with E-state index in [9.17, 15) is 0 Å². The Labute approximate surface area is 124 Å². The van der Waals surface area contributed by atoms with Crippen molar-refractivity contribution in [3.05, 3.63) is 39.3 Å². The van der Waals surface area contributed by atoms with Crippen LogP contribution < -0.4 is 11.3 Å². The third-order valence-corrected chi connectivity index (χ3v) is 5.36. The highest BCUT2D eigenvalue weighted by molar-refractivity contribution is 7.12. The second-order valence-electron chi connectivity index (χ2n) is 5.60. The first-order valence-electron chi connectivity index (χ1n) is 7.31. The van der Waals surface area contributed by atoms with E-state index in [0.717, 1.165) is 6.42 Å². The van der Waals surface area contributed by atoms with E-state index in [4.69, 9.17) is 5.84 Å². The predicted octanol–water partition coefficient (Wildman–Crippen LogP) is 2.50. The minimum absolute atomic E-state index is 0.191. The molecule has 2 aromatic rings. The van der Waals surface area contributed by atoms with Gasteiger partial charge in [0.05, 0.1) is 12.2 Å². The van der Waals surface area contributed by atoms with Gasteiger partial charge in [-0.15, -0.1) is 11.3 Å². The van der Waals surface area contributed by atoms with Gasteiger partial charge in [0, 0.05) is 23.0 Å². The molecule has 3 rings (SSSR count). The van der Waals surface area contributed by atoms with Crippen LogP contribution >= 0.6 is 11.3 Å². The Kier molecular flexibility index (Phi) is 4.19. The van der Waals surface area contributed by atoms with E-state index in [0.29, 0.717) is 0 Å². The zero-order chi connectivity index (χ0) is 13.9. The average molecular weight is 290 g/mol. The molecule has 1 aliphatic carbocycles. The fourth-order valence-electron chi connectivity index (χ4n) is 2.92. The van der Waals surface area contributed by atoms with Crippen molar-refractivity contribution in [2.24, 2.45) is 12.9 Å². The van der Waals surface area contributed by atoms with Crippen molar-refractivity contribution < 1.29 is 0 Å². The number of aromatic nitrogens is 2. The molecule has 1 unspecified atom stereocenters. The normalized spacial score (nSPS) is 16.7. The summed E-state index contributed by atoms with van der Waals surface area (Å²) >= 11 is 1.94. The van der Waals surface area contributed by atoms with Crippen LogP contribution in [0.3, 0.4) is 0 Å². The second kappa shape index (κ2) is 6.08. The van der Waals surface area contributed by atoms with Crippen molar-refractivity contribution in [1.82, 2.24) is 15.2 Å². The molecule has 20 heavy (non-hydrogen) atoms. The topological polar surface area (TPSA) is 55.9 Å². The number of aryl methyl sites for hydroxylation is 3. The van der Waals surface area contributed by atoms with Crippen LogP contribution in [0.15, 0.2) is 18.5 Å². The first-order valence-corrected chi connectivity index (χ1v) is 8.13. The predicted molar refractivity (Wildman–Crippen MR) is 82.6 cm³/mol. The van der Waals surface area contributed by atoms with Crippen molar-refractivity contribution in [2.75, 3.05) is 0 Å². The lowest BCUT2D eigenvalue weighted by Crippen LogP contribution is -2.28. The highest BCUT2D eigenvalue weighted by Crippen LogP contribution is 2.33. The largest absolute Gasteiger partial charge is 0.276 e. The lowest BCUT2D eigenvalue weighted by Gasteiger charge is -2.12. The summed E-state index contributed by atoms with van der Waals surface area (Å²) in [5.74, 6) is 5.78. The molecule has 3 N–H and O–H groups in total. The molecule has 0 radical (unpaired) electrons. The highest BCUT2D eigenvalue weighted by Gasteiger charge is 2.18. The lowest BCUT2D eigenvalue weighted by molar-refractivity contribution is 0.560. The van der Waals surface area contributed by atoms with Crippen molar-refractivity contribution in [3.8, 4) is 0 Å². The fraction of sp³-hybridized carbons (Fsp3) is 0.533. The molecule has 0 saturated carbocycles. The number of hydrogen-bond acceptors (Lipinski definition) is 4. The maximum absolute atomic E-state index is 5.78. The van der Waals surface area contributed by atoms with E-state index in [2.05, 4.69) is 22.8 Å². The first kappa shape index (κ1) is 13.8. The molecule has 0 aliphatic heterocycles. The van der Waals surface area contributed by atoms with Crippen molar-refractivity contribution >= 4 is 11.3 Å². The molecule has 0 fully saturated rings. The van der Waals surface area contributed by atoms with Gasteiger partial charge in [0.2, 0.25) is 0 Å². The van der Waals surface area contributed by atoms with E-state index in [1.165, 1.54) is 42.5 Å². The van der Waals surface area contributed by atoms with Crippen LogP contribution in [-0.2, 0) is 26.3 Å². The van der Waals surface area contributed by atoms with Gasteiger partial charge in [0.1, 0.15) is 0 Å². The van der Waals surface area contributed by atoms with E-state index in [1.54, 1.807) is 10.4 Å². The molecule has 108 valence electrons. The number of hydrazine groups is 1. The minimum Gasteiger partial charge on any atom is -0.276 e. The first-order chi connectivity index (χ1) is 9.76.